The summed E-state index contributed by atoms with van der Waals surface area (Å²) >= 11 is 0. The number of rotatable bonds is 25. The van der Waals surface area contributed by atoms with Gasteiger partial charge in [0.05, 0.1) is 26.7 Å². The maximum Gasteiger partial charge on any atom is 0.0785 e. The van der Waals surface area contributed by atoms with Crippen LogP contribution in [-0.2, 0) is 0 Å². The SMILES string of the molecule is CCCCCCN(CCCCCC)CCCC[N+](C)(CCCCCC)CCCCCC. The van der Waals surface area contributed by atoms with E-state index < -0.39 is 0 Å². The van der Waals surface area contributed by atoms with Crippen molar-refractivity contribution >= 4 is 0 Å². The fraction of sp³-hybridized carbons (Fsp3) is 1.00. The number of quaternary nitrogens is 1. The van der Waals surface area contributed by atoms with Gasteiger partial charge in [-0.3, -0.25) is 0 Å². The van der Waals surface area contributed by atoms with E-state index in [1.807, 2.05) is 0 Å². The molecule has 2 heteroatoms. The highest BCUT2D eigenvalue weighted by molar-refractivity contribution is 4.60. The van der Waals surface area contributed by atoms with Gasteiger partial charge in [-0.25, -0.2) is 0 Å². The average molecular weight is 440 g/mol. The Bertz CT molecular complexity index is 318. The van der Waals surface area contributed by atoms with Crippen LogP contribution in [0.5, 0.6) is 0 Å². The third-order valence-electron chi connectivity index (χ3n) is 7.18. The van der Waals surface area contributed by atoms with E-state index in [0.29, 0.717) is 0 Å². The second-order valence-electron chi connectivity index (χ2n) is 10.6. The van der Waals surface area contributed by atoms with Crippen LogP contribution in [0.25, 0.3) is 0 Å². The molecule has 0 aliphatic heterocycles. The standard InChI is InChI=1S/C29H63N2/c1-6-10-14-18-24-30(25-19-15-11-7-2)26-20-23-29-31(5,27-21-16-12-8-3)28-22-17-13-9-4/h6-29H2,1-5H3/q+1. The molecule has 0 aliphatic rings. The van der Waals surface area contributed by atoms with Gasteiger partial charge in [-0.05, 0) is 71.0 Å². The monoisotopic (exact) mass is 439 g/mol. The van der Waals surface area contributed by atoms with E-state index in [0.717, 1.165) is 0 Å². The summed E-state index contributed by atoms with van der Waals surface area (Å²) in [5.74, 6) is 0. The summed E-state index contributed by atoms with van der Waals surface area (Å²) in [5, 5.41) is 0. The van der Waals surface area contributed by atoms with Crippen LogP contribution < -0.4 is 0 Å². The lowest BCUT2D eigenvalue weighted by Gasteiger charge is -2.35. The predicted molar refractivity (Wildman–Crippen MR) is 143 cm³/mol. The van der Waals surface area contributed by atoms with Gasteiger partial charge in [0.1, 0.15) is 0 Å². The second-order valence-corrected chi connectivity index (χ2v) is 10.6. The molecular weight excluding hydrogens is 376 g/mol. The zero-order chi connectivity index (χ0) is 23.0. The number of nitrogens with zero attached hydrogens (tertiary/aromatic N) is 2. The Balaban J connectivity index is 4.38. The van der Waals surface area contributed by atoms with Crippen molar-refractivity contribution in [2.45, 2.75) is 143 Å². The van der Waals surface area contributed by atoms with Crippen molar-refractivity contribution in [3.8, 4) is 0 Å². The molecular formula is C29H63N2+. The Morgan fingerprint density at radius 1 is 0.387 bits per heavy atom. The third-order valence-corrected chi connectivity index (χ3v) is 7.18. The number of unbranched alkanes of at least 4 members (excludes halogenated alkanes) is 13. The molecule has 0 aromatic heterocycles. The first-order valence-corrected chi connectivity index (χ1v) is 14.7. The molecule has 0 saturated carbocycles. The van der Waals surface area contributed by atoms with Gasteiger partial charge in [0.25, 0.3) is 0 Å². The average Bonchev–Trinajstić information content (AvgIpc) is 2.77. The van der Waals surface area contributed by atoms with Gasteiger partial charge in [0.2, 0.25) is 0 Å². The summed E-state index contributed by atoms with van der Waals surface area (Å²) < 4.78 is 1.33. The van der Waals surface area contributed by atoms with Crippen LogP contribution in [0.4, 0.5) is 0 Å². The van der Waals surface area contributed by atoms with Gasteiger partial charge in [0, 0.05) is 0 Å². The summed E-state index contributed by atoms with van der Waals surface area (Å²) in [7, 11) is 2.56. The molecule has 0 amide bonds. The Labute approximate surface area is 199 Å². The van der Waals surface area contributed by atoms with E-state index in [1.54, 1.807) is 0 Å². The van der Waals surface area contributed by atoms with Crippen molar-refractivity contribution in [3.63, 3.8) is 0 Å². The summed E-state index contributed by atoms with van der Waals surface area (Å²) in [6.07, 6.45) is 25.3. The van der Waals surface area contributed by atoms with Gasteiger partial charge in [-0.2, -0.15) is 0 Å². The van der Waals surface area contributed by atoms with Crippen molar-refractivity contribution in [1.29, 1.82) is 0 Å². The van der Waals surface area contributed by atoms with E-state index in [4.69, 9.17) is 0 Å². The van der Waals surface area contributed by atoms with E-state index >= 15 is 0 Å². The predicted octanol–water partition coefficient (Wildman–Crippen LogP) is 8.84. The van der Waals surface area contributed by atoms with E-state index in [1.165, 1.54) is 159 Å². The molecule has 0 fully saturated rings. The van der Waals surface area contributed by atoms with Gasteiger partial charge >= 0.3 is 0 Å². The van der Waals surface area contributed by atoms with Crippen LogP contribution in [0.3, 0.4) is 0 Å². The summed E-state index contributed by atoms with van der Waals surface area (Å²) in [4.78, 5) is 2.80. The van der Waals surface area contributed by atoms with Crippen LogP contribution >= 0.6 is 0 Å². The van der Waals surface area contributed by atoms with Crippen LogP contribution in [-0.4, -0.2) is 55.7 Å². The first-order valence-electron chi connectivity index (χ1n) is 14.7. The van der Waals surface area contributed by atoms with Gasteiger partial charge < -0.3 is 9.38 Å². The molecule has 31 heavy (non-hydrogen) atoms. The Morgan fingerprint density at radius 2 is 0.677 bits per heavy atom. The van der Waals surface area contributed by atoms with Crippen molar-refractivity contribution < 1.29 is 4.48 Å². The maximum absolute atomic E-state index is 2.80. The fourth-order valence-corrected chi connectivity index (χ4v) is 4.86. The first kappa shape index (κ1) is 30.9. The van der Waals surface area contributed by atoms with E-state index in [2.05, 4.69) is 39.6 Å². The normalized spacial score (nSPS) is 12.2. The minimum absolute atomic E-state index is 1.33. The molecule has 0 heterocycles. The Morgan fingerprint density at radius 3 is 1.03 bits per heavy atom. The molecule has 0 radical (unpaired) electrons. The molecule has 188 valence electrons. The first-order chi connectivity index (χ1) is 15.1. The van der Waals surface area contributed by atoms with Crippen LogP contribution in [0, 0.1) is 0 Å². The summed E-state index contributed by atoms with van der Waals surface area (Å²) in [5.41, 5.74) is 0. The fourth-order valence-electron chi connectivity index (χ4n) is 4.86. The van der Waals surface area contributed by atoms with E-state index in [-0.39, 0.29) is 0 Å². The van der Waals surface area contributed by atoms with Crippen molar-refractivity contribution in [1.82, 2.24) is 4.90 Å². The largest absolute Gasteiger partial charge is 0.326 e. The van der Waals surface area contributed by atoms with Gasteiger partial charge in [-0.1, -0.05) is 91.9 Å². The van der Waals surface area contributed by atoms with Crippen LogP contribution in [0.2, 0.25) is 0 Å². The van der Waals surface area contributed by atoms with Crippen molar-refractivity contribution in [3.05, 3.63) is 0 Å². The topological polar surface area (TPSA) is 3.24 Å². The Hall–Kier alpha value is -0.0800. The molecule has 0 bridgehead atoms. The molecule has 0 aliphatic carbocycles. The third kappa shape index (κ3) is 20.3. The lowest BCUT2D eigenvalue weighted by Crippen LogP contribution is -2.46. The van der Waals surface area contributed by atoms with Gasteiger partial charge in [0.15, 0.2) is 0 Å². The molecule has 0 aromatic rings. The summed E-state index contributed by atoms with van der Waals surface area (Å²) in [6.45, 7) is 17.5. The van der Waals surface area contributed by atoms with Crippen molar-refractivity contribution in [2.24, 2.45) is 0 Å². The second kappa shape index (κ2) is 23.1. The molecule has 0 spiro atoms. The highest BCUT2D eigenvalue weighted by atomic mass is 15.3. The zero-order valence-electron chi connectivity index (χ0n) is 22.9. The molecule has 0 unspecified atom stereocenters. The molecule has 0 N–H and O–H groups in total. The lowest BCUT2D eigenvalue weighted by molar-refractivity contribution is -0.910. The lowest BCUT2D eigenvalue weighted by atomic mass is 10.1. The highest BCUT2D eigenvalue weighted by Gasteiger charge is 2.20. The van der Waals surface area contributed by atoms with Crippen LogP contribution in [0.15, 0.2) is 0 Å². The molecule has 2 nitrogen and oxygen atoms in total. The van der Waals surface area contributed by atoms with E-state index in [9.17, 15) is 0 Å². The number of hydrogen-bond acceptors (Lipinski definition) is 1. The molecule has 0 atom stereocenters. The van der Waals surface area contributed by atoms with Gasteiger partial charge in [-0.15, -0.1) is 0 Å². The minimum atomic E-state index is 1.33. The summed E-state index contributed by atoms with van der Waals surface area (Å²) in [6, 6.07) is 0. The molecule has 0 aromatic carbocycles. The zero-order valence-corrected chi connectivity index (χ0v) is 22.9. The number of hydrogen-bond donors (Lipinski definition) is 0. The molecule has 0 rings (SSSR count). The van der Waals surface area contributed by atoms with Crippen molar-refractivity contribution in [2.75, 3.05) is 46.3 Å². The smallest absolute Gasteiger partial charge is 0.0785 e. The maximum atomic E-state index is 2.80. The Kier molecular flexibility index (Phi) is 23.0. The highest BCUT2D eigenvalue weighted by Crippen LogP contribution is 2.14. The quantitative estimate of drug-likeness (QED) is 0.101. The minimum Gasteiger partial charge on any atom is -0.326 e. The van der Waals surface area contributed by atoms with Crippen LogP contribution in [0.1, 0.15) is 143 Å². The molecule has 0 saturated heterocycles.